The van der Waals surface area contributed by atoms with E-state index in [4.69, 9.17) is 0 Å². The molecule has 0 aliphatic carbocycles. The zero-order chi connectivity index (χ0) is 15.1. The molecule has 0 saturated carbocycles. The van der Waals surface area contributed by atoms with Gasteiger partial charge in [0.25, 0.3) is 11.4 Å². The van der Waals surface area contributed by atoms with Gasteiger partial charge in [-0.25, -0.2) is 8.42 Å². The van der Waals surface area contributed by atoms with Crippen molar-refractivity contribution in [3.8, 4) is 0 Å². The Morgan fingerprint density at radius 2 is 1.15 bits per heavy atom. The average molecular weight is 312 g/mol. The second-order valence-electron chi connectivity index (χ2n) is 3.87. The Hall–Kier alpha value is -1.07. The van der Waals surface area contributed by atoms with Crippen LogP contribution in [0.4, 0.5) is 11.4 Å². The van der Waals surface area contributed by atoms with Gasteiger partial charge in [0.15, 0.2) is 0 Å². The standard InChI is InChI=1S/C9H10N2O7S.Na/c1-4-7(10(12)13)5(2)9(19(16,17)18)6(3)8(4)11(14)15;/h1-3H3,(H,16,17,18);/q;+1/p-1. The summed E-state index contributed by atoms with van der Waals surface area (Å²) in [4.78, 5) is 19.0. The second-order valence-corrected chi connectivity index (χ2v) is 5.19. The molecule has 20 heavy (non-hydrogen) atoms. The van der Waals surface area contributed by atoms with Crippen LogP contribution < -0.4 is 29.6 Å². The number of nitro benzene ring substituents is 2. The van der Waals surface area contributed by atoms with Crippen molar-refractivity contribution in [1.82, 2.24) is 0 Å². The summed E-state index contributed by atoms with van der Waals surface area (Å²) < 4.78 is 33.4. The average Bonchev–Trinajstić information content (AvgIpc) is 2.12. The summed E-state index contributed by atoms with van der Waals surface area (Å²) >= 11 is 0. The molecule has 11 heteroatoms. The number of benzene rings is 1. The molecule has 0 N–H and O–H groups in total. The van der Waals surface area contributed by atoms with Crippen molar-refractivity contribution < 1.29 is 52.4 Å². The van der Waals surface area contributed by atoms with Gasteiger partial charge in [-0.05, 0) is 20.8 Å². The van der Waals surface area contributed by atoms with Crippen LogP contribution in [0.1, 0.15) is 16.7 Å². The molecular weight excluding hydrogens is 303 g/mol. The van der Waals surface area contributed by atoms with Crippen molar-refractivity contribution in [1.29, 1.82) is 0 Å². The van der Waals surface area contributed by atoms with Gasteiger partial charge >= 0.3 is 29.6 Å². The fraction of sp³-hybridized carbons (Fsp3) is 0.333. The van der Waals surface area contributed by atoms with Crippen molar-refractivity contribution in [2.75, 3.05) is 0 Å². The van der Waals surface area contributed by atoms with Gasteiger partial charge in [-0.2, -0.15) is 0 Å². The third-order valence-electron chi connectivity index (χ3n) is 2.72. The third-order valence-corrected chi connectivity index (χ3v) is 3.83. The molecule has 0 heterocycles. The first-order valence-electron chi connectivity index (χ1n) is 4.88. The Labute approximate surface area is 136 Å². The summed E-state index contributed by atoms with van der Waals surface area (Å²) in [7, 11) is -5.05. The fourth-order valence-corrected chi connectivity index (χ4v) is 3.04. The summed E-state index contributed by atoms with van der Waals surface area (Å²) in [5.74, 6) is 0. The van der Waals surface area contributed by atoms with E-state index in [-0.39, 0.29) is 46.2 Å². The van der Waals surface area contributed by atoms with Crippen LogP contribution in [-0.2, 0) is 10.1 Å². The van der Waals surface area contributed by atoms with Crippen LogP contribution in [0.3, 0.4) is 0 Å². The van der Waals surface area contributed by atoms with E-state index >= 15 is 0 Å². The van der Waals surface area contributed by atoms with Crippen LogP contribution in [0, 0.1) is 41.0 Å². The van der Waals surface area contributed by atoms with Gasteiger partial charge in [0.05, 0.1) is 14.7 Å². The molecule has 1 rings (SSSR count). The molecule has 9 nitrogen and oxygen atoms in total. The molecule has 104 valence electrons. The Kier molecular flexibility index (Phi) is 5.81. The fourth-order valence-electron chi connectivity index (χ4n) is 2.09. The summed E-state index contributed by atoms with van der Waals surface area (Å²) in [5, 5.41) is 21.8. The first kappa shape index (κ1) is 18.9. The Morgan fingerprint density at radius 1 is 0.850 bits per heavy atom. The smallest absolute Gasteiger partial charge is 0.744 e. The van der Waals surface area contributed by atoms with Gasteiger partial charge in [0, 0.05) is 11.1 Å². The maximum Gasteiger partial charge on any atom is 1.00 e. The van der Waals surface area contributed by atoms with E-state index in [9.17, 15) is 33.2 Å². The first-order chi connectivity index (χ1) is 8.50. The summed E-state index contributed by atoms with van der Waals surface area (Å²) in [6.45, 7) is 3.29. The largest absolute Gasteiger partial charge is 1.00 e. The Balaban J connectivity index is 0.00000361. The number of hydrogen-bond donors (Lipinski definition) is 0. The topological polar surface area (TPSA) is 143 Å². The quantitative estimate of drug-likeness (QED) is 0.281. The van der Waals surface area contributed by atoms with E-state index < -0.39 is 36.2 Å². The molecule has 0 aliphatic rings. The normalized spacial score (nSPS) is 10.8. The molecule has 1 aromatic carbocycles. The van der Waals surface area contributed by atoms with Gasteiger partial charge < -0.3 is 4.55 Å². The predicted molar refractivity (Wildman–Crippen MR) is 61.9 cm³/mol. The number of rotatable bonds is 3. The van der Waals surface area contributed by atoms with Crippen molar-refractivity contribution in [2.24, 2.45) is 0 Å². The van der Waals surface area contributed by atoms with Gasteiger partial charge in [-0.3, -0.25) is 20.2 Å². The van der Waals surface area contributed by atoms with Crippen LogP contribution in [0.25, 0.3) is 0 Å². The minimum Gasteiger partial charge on any atom is -0.744 e. The van der Waals surface area contributed by atoms with Crippen LogP contribution in [0.2, 0.25) is 0 Å². The molecule has 0 saturated heterocycles. The number of nitrogens with zero attached hydrogens (tertiary/aromatic N) is 2. The molecule has 0 radical (unpaired) electrons. The molecule has 0 aromatic heterocycles. The van der Waals surface area contributed by atoms with Crippen LogP contribution in [0.15, 0.2) is 4.90 Å². The minimum absolute atomic E-state index is 0. The van der Waals surface area contributed by atoms with Crippen molar-refractivity contribution in [2.45, 2.75) is 25.7 Å². The summed E-state index contributed by atoms with van der Waals surface area (Å²) in [6, 6.07) is 0. The van der Waals surface area contributed by atoms with E-state index in [1.807, 2.05) is 0 Å². The van der Waals surface area contributed by atoms with Gasteiger partial charge in [-0.1, -0.05) is 0 Å². The molecule has 0 bridgehead atoms. The second kappa shape index (κ2) is 6.14. The van der Waals surface area contributed by atoms with Crippen LogP contribution >= 0.6 is 0 Å². The molecule has 0 unspecified atom stereocenters. The van der Waals surface area contributed by atoms with E-state index in [2.05, 4.69) is 0 Å². The van der Waals surface area contributed by atoms with E-state index in [1.54, 1.807) is 0 Å². The molecule has 1 aromatic rings. The zero-order valence-electron chi connectivity index (χ0n) is 11.2. The predicted octanol–water partition coefficient (Wildman–Crippen LogP) is -1.66. The van der Waals surface area contributed by atoms with Gasteiger partial charge in [-0.15, -0.1) is 0 Å². The van der Waals surface area contributed by atoms with E-state index in [1.165, 1.54) is 0 Å². The Bertz CT molecular complexity index is 658. The maximum absolute atomic E-state index is 11.1. The molecule has 0 spiro atoms. The summed E-state index contributed by atoms with van der Waals surface area (Å²) in [6.07, 6.45) is 0. The van der Waals surface area contributed by atoms with Crippen LogP contribution in [0.5, 0.6) is 0 Å². The molecular formula is C9H9N2NaO7S. The van der Waals surface area contributed by atoms with Crippen molar-refractivity contribution in [3.63, 3.8) is 0 Å². The monoisotopic (exact) mass is 312 g/mol. The molecule has 0 aliphatic heterocycles. The molecule has 0 fully saturated rings. The summed E-state index contributed by atoms with van der Waals surface area (Å²) in [5.41, 5.74) is -2.52. The van der Waals surface area contributed by atoms with Crippen molar-refractivity contribution >= 4 is 21.5 Å². The number of nitro groups is 2. The van der Waals surface area contributed by atoms with E-state index in [0.29, 0.717) is 0 Å². The van der Waals surface area contributed by atoms with Crippen molar-refractivity contribution in [3.05, 3.63) is 36.9 Å². The van der Waals surface area contributed by atoms with E-state index in [0.717, 1.165) is 20.8 Å². The zero-order valence-corrected chi connectivity index (χ0v) is 14.0. The molecule has 0 amide bonds. The van der Waals surface area contributed by atoms with Gasteiger partial charge in [0.1, 0.15) is 15.7 Å². The molecule has 0 atom stereocenters. The number of hydrogen-bond acceptors (Lipinski definition) is 7. The first-order valence-corrected chi connectivity index (χ1v) is 6.29. The Morgan fingerprint density at radius 3 is 1.35 bits per heavy atom. The maximum atomic E-state index is 11.1. The third kappa shape index (κ3) is 3.15. The minimum atomic E-state index is -5.05. The van der Waals surface area contributed by atoms with Gasteiger partial charge in [0.2, 0.25) is 0 Å². The SMILES string of the molecule is Cc1c([N+](=O)[O-])c(C)c(S(=O)(=O)[O-])c(C)c1[N+](=O)[O-].[Na+]. The van der Waals surface area contributed by atoms with Crippen LogP contribution in [-0.4, -0.2) is 22.8 Å².